The first-order chi connectivity index (χ1) is 7.65. The lowest BCUT2D eigenvalue weighted by Gasteiger charge is -2.20. The van der Waals surface area contributed by atoms with Crippen LogP contribution in [0, 0.1) is 0 Å². The minimum absolute atomic E-state index is 0.269. The van der Waals surface area contributed by atoms with E-state index in [9.17, 15) is 10.2 Å². The molecule has 0 aromatic heterocycles. The van der Waals surface area contributed by atoms with E-state index in [1.165, 1.54) is 11.1 Å². The average Bonchev–Trinajstić information content (AvgIpc) is 2.40. The Hall–Kier alpha value is -1.06. The van der Waals surface area contributed by atoms with Crippen LogP contribution in [0.4, 0.5) is 0 Å². The lowest BCUT2D eigenvalue weighted by Crippen LogP contribution is -2.33. The Morgan fingerprint density at radius 3 is 2.62 bits per heavy atom. The lowest BCUT2D eigenvalue weighted by molar-refractivity contribution is 0.129. The van der Waals surface area contributed by atoms with Gasteiger partial charge in [-0.1, -0.05) is 6.07 Å². The van der Waals surface area contributed by atoms with E-state index in [0.29, 0.717) is 5.75 Å². The van der Waals surface area contributed by atoms with Crippen LogP contribution in [0.1, 0.15) is 18.1 Å². The molecule has 1 unspecified atom stereocenters. The van der Waals surface area contributed by atoms with Gasteiger partial charge in [-0.05, 0) is 43.0 Å². The Morgan fingerprint density at radius 1 is 1.25 bits per heavy atom. The van der Waals surface area contributed by atoms with Crippen molar-refractivity contribution < 1.29 is 10.2 Å². The number of hydrogen-bond acceptors (Lipinski definition) is 3. The van der Waals surface area contributed by atoms with Crippen LogP contribution in [-0.4, -0.2) is 40.9 Å². The van der Waals surface area contributed by atoms with Crippen LogP contribution >= 0.6 is 0 Å². The second-order valence-corrected chi connectivity index (χ2v) is 4.60. The molecule has 0 spiro atoms. The molecule has 1 aliphatic rings. The Morgan fingerprint density at radius 2 is 1.94 bits per heavy atom. The number of nitrogens with zero attached hydrogens (tertiary/aromatic N) is 1. The van der Waals surface area contributed by atoms with Crippen molar-refractivity contribution in [3.05, 3.63) is 29.3 Å². The summed E-state index contributed by atoms with van der Waals surface area (Å²) in [6, 6.07) is 5.63. The number of rotatable bonds is 2. The van der Waals surface area contributed by atoms with Crippen molar-refractivity contribution in [3.63, 3.8) is 0 Å². The van der Waals surface area contributed by atoms with Crippen molar-refractivity contribution in [1.82, 2.24) is 4.90 Å². The monoisotopic (exact) mass is 221 g/mol. The molecule has 0 saturated carbocycles. The molecule has 0 fully saturated rings. The fourth-order valence-electron chi connectivity index (χ4n) is 2.31. The first-order valence-electron chi connectivity index (χ1n) is 5.86. The zero-order valence-electron chi connectivity index (χ0n) is 9.69. The van der Waals surface area contributed by atoms with Gasteiger partial charge in [0.15, 0.2) is 0 Å². The third-order valence-electron chi connectivity index (χ3n) is 3.11. The Kier molecular flexibility index (Phi) is 3.46. The third-order valence-corrected chi connectivity index (χ3v) is 3.11. The van der Waals surface area contributed by atoms with Crippen LogP contribution in [-0.2, 0) is 12.8 Å². The van der Waals surface area contributed by atoms with Gasteiger partial charge in [-0.25, -0.2) is 0 Å². The van der Waals surface area contributed by atoms with Crippen molar-refractivity contribution in [1.29, 1.82) is 0 Å². The lowest BCUT2D eigenvalue weighted by atomic mass is 10.0. The number of aromatic hydroxyl groups is 1. The fourth-order valence-corrected chi connectivity index (χ4v) is 2.31. The van der Waals surface area contributed by atoms with Crippen LogP contribution in [0.3, 0.4) is 0 Å². The summed E-state index contributed by atoms with van der Waals surface area (Å²) in [6.45, 7) is 4.51. The molecule has 1 aromatic rings. The van der Waals surface area contributed by atoms with Gasteiger partial charge in [-0.3, -0.25) is 0 Å². The largest absolute Gasteiger partial charge is 0.508 e. The predicted octanol–water partition coefficient (Wildman–Crippen LogP) is 1.17. The standard InChI is InChI=1S/C13H19NO2/c1-10(15)9-14-6-4-11-2-3-13(16)8-12(11)5-7-14/h2-3,8,10,15-16H,4-7,9H2,1H3. The minimum atomic E-state index is -0.269. The number of benzene rings is 1. The van der Waals surface area contributed by atoms with E-state index in [1.807, 2.05) is 19.1 Å². The minimum Gasteiger partial charge on any atom is -0.508 e. The van der Waals surface area contributed by atoms with E-state index >= 15 is 0 Å². The third kappa shape index (κ3) is 2.74. The smallest absolute Gasteiger partial charge is 0.115 e. The second-order valence-electron chi connectivity index (χ2n) is 4.60. The summed E-state index contributed by atoms with van der Waals surface area (Å²) in [5.41, 5.74) is 2.57. The number of phenolic OH excluding ortho intramolecular Hbond substituents is 1. The van der Waals surface area contributed by atoms with Gasteiger partial charge in [0.1, 0.15) is 5.75 Å². The molecule has 88 valence electrons. The molecule has 2 N–H and O–H groups in total. The normalized spacial score (nSPS) is 18.9. The molecule has 1 atom stereocenters. The van der Waals surface area contributed by atoms with E-state index in [0.717, 1.165) is 32.5 Å². The van der Waals surface area contributed by atoms with Crippen molar-refractivity contribution in [2.75, 3.05) is 19.6 Å². The van der Waals surface area contributed by atoms with Crippen LogP contribution in [0.25, 0.3) is 0 Å². The molecule has 0 bridgehead atoms. The maximum atomic E-state index is 9.44. The van der Waals surface area contributed by atoms with Gasteiger partial charge < -0.3 is 15.1 Å². The maximum absolute atomic E-state index is 9.44. The summed E-state index contributed by atoms with van der Waals surface area (Å²) >= 11 is 0. The first kappa shape index (κ1) is 11.4. The number of hydrogen-bond donors (Lipinski definition) is 2. The molecule has 0 radical (unpaired) electrons. The zero-order valence-corrected chi connectivity index (χ0v) is 9.69. The Labute approximate surface area is 96.3 Å². The highest BCUT2D eigenvalue weighted by Crippen LogP contribution is 2.20. The van der Waals surface area contributed by atoms with Crippen LogP contribution in [0.15, 0.2) is 18.2 Å². The fraction of sp³-hybridized carbons (Fsp3) is 0.538. The van der Waals surface area contributed by atoms with Crippen LogP contribution in [0.5, 0.6) is 5.75 Å². The second kappa shape index (κ2) is 4.85. The van der Waals surface area contributed by atoms with Gasteiger partial charge in [0.2, 0.25) is 0 Å². The van der Waals surface area contributed by atoms with Gasteiger partial charge in [0.05, 0.1) is 6.10 Å². The quantitative estimate of drug-likeness (QED) is 0.788. The highest BCUT2D eigenvalue weighted by Gasteiger charge is 2.15. The van der Waals surface area contributed by atoms with Gasteiger partial charge >= 0.3 is 0 Å². The highest BCUT2D eigenvalue weighted by molar-refractivity contribution is 5.35. The molecular formula is C13H19NO2. The summed E-state index contributed by atoms with van der Waals surface area (Å²) in [6.07, 6.45) is 1.69. The number of aliphatic hydroxyl groups is 1. The maximum Gasteiger partial charge on any atom is 0.115 e. The summed E-state index contributed by atoms with van der Waals surface area (Å²) in [7, 11) is 0. The summed E-state index contributed by atoms with van der Waals surface area (Å²) in [5.74, 6) is 0.350. The van der Waals surface area contributed by atoms with E-state index in [4.69, 9.17) is 0 Å². The molecule has 0 saturated heterocycles. The van der Waals surface area contributed by atoms with Gasteiger partial charge in [0.25, 0.3) is 0 Å². The van der Waals surface area contributed by atoms with E-state index in [-0.39, 0.29) is 6.10 Å². The molecule has 2 rings (SSSR count). The van der Waals surface area contributed by atoms with E-state index in [1.54, 1.807) is 6.07 Å². The molecule has 0 aliphatic carbocycles. The van der Waals surface area contributed by atoms with E-state index in [2.05, 4.69) is 4.90 Å². The van der Waals surface area contributed by atoms with Crippen molar-refractivity contribution in [2.24, 2.45) is 0 Å². The first-order valence-corrected chi connectivity index (χ1v) is 5.86. The predicted molar refractivity (Wildman–Crippen MR) is 63.6 cm³/mol. The SMILES string of the molecule is CC(O)CN1CCc2ccc(O)cc2CC1. The molecule has 3 heteroatoms. The summed E-state index contributed by atoms with van der Waals surface area (Å²) in [4.78, 5) is 2.28. The highest BCUT2D eigenvalue weighted by atomic mass is 16.3. The van der Waals surface area contributed by atoms with Gasteiger partial charge in [-0.2, -0.15) is 0 Å². The summed E-state index contributed by atoms with van der Waals surface area (Å²) in [5, 5.41) is 18.8. The average molecular weight is 221 g/mol. The van der Waals surface area contributed by atoms with Crippen molar-refractivity contribution in [3.8, 4) is 5.75 Å². The number of β-amino-alcohol motifs (C(OH)–C–C–N with tert-alkyl or cyclic N) is 1. The van der Waals surface area contributed by atoms with Gasteiger partial charge in [0, 0.05) is 19.6 Å². The van der Waals surface area contributed by atoms with Crippen molar-refractivity contribution in [2.45, 2.75) is 25.9 Å². The number of aliphatic hydroxyl groups excluding tert-OH is 1. The molecule has 3 nitrogen and oxygen atoms in total. The molecule has 16 heavy (non-hydrogen) atoms. The molecular weight excluding hydrogens is 202 g/mol. The molecule has 1 heterocycles. The number of fused-ring (bicyclic) bond motifs is 1. The summed E-state index contributed by atoms with van der Waals surface area (Å²) < 4.78 is 0. The Bertz CT molecular complexity index is 363. The topological polar surface area (TPSA) is 43.7 Å². The van der Waals surface area contributed by atoms with Crippen LogP contribution in [0.2, 0.25) is 0 Å². The molecule has 0 amide bonds. The zero-order chi connectivity index (χ0) is 11.5. The van der Waals surface area contributed by atoms with Gasteiger partial charge in [-0.15, -0.1) is 0 Å². The molecule has 1 aliphatic heterocycles. The van der Waals surface area contributed by atoms with E-state index < -0.39 is 0 Å². The Balaban J connectivity index is 2.07. The number of phenols is 1. The molecule has 1 aromatic carbocycles. The van der Waals surface area contributed by atoms with Crippen LogP contribution < -0.4 is 0 Å². The van der Waals surface area contributed by atoms with Crippen molar-refractivity contribution >= 4 is 0 Å².